The van der Waals surface area contributed by atoms with Crippen LogP contribution < -0.4 is 5.32 Å². The summed E-state index contributed by atoms with van der Waals surface area (Å²) >= 11 is 0. The van der Waals surface area contributed by atoms with Crippen LogP contribution in [0.3, 0.4) is 0 Å². The van der Waals surface area contributed by atoms with E-state index >= 15 is 0 Å². The van der Waals surface area contributed by atoms with Crippen molar-refractivity contribution in [2.75, 3.05) is 11.9 Å². The molecule has 2 rings (SSSR count). The van der Waals surface area contributed by atoms with Crippen LogP contribution in [0.4, 0.5) is 5.69 Å². The molecule has 13 heavy (non-hydrogen) atoms. The van der Waals surface area contributed by atoms with Crippen LogP contribution in [0.25, 0.3) is 0 Å². The van der Waals surface area contributed by atoms with Crippen LogP contribution in [0.15, 0.2) is 18.2 Å². The van der Waals surface area contributed by atoms with Crippen LogP contribution >= 0.6 is 0 Å². The number of aryl methyl sites for hydroxylation is 2. The van der Waals surface area contributed by atoms with Gasteiger partial charge in [-0.25, -0.2) is 0 Å². The first-order valence-electron chi connectivity index (χ1n) is 4.76. The zero-order valence-electron chi connectivity index (χ0n) is 7.88. The minimum absolute atomic E-state index is 0.229. The Bertz CT molecular complexity index is 309. The number of fused-ring (bicyclic) bond motifs is 1. The van der Waals surface area contributed by atoms with Crippen molar-refractivity contribution in [2.45, 2.75) is 25.8 Å². The Kier molecular flexibility index (Phi) is 2.23. The average molecular weight is 177 g/mol. The van der Waals surface area contributed by atoms with E-state index < -0.39 is 0 Å². The van der Waals surface area contributed by atoms with Crippen LogP contribution in [0.1, 0.15) is 17.5 Å². The van der Waals surface area contributed by atoms with E-state index in [1.165, 1.54) is 16.8 Å². The number of nitrogens with one attached hydrogen (secondary N) is 1. The second-order valence-corrected chi connectivity index (χ2v) is 3.72. The molecule has 1 aliphatic rings. The summed E-state index contributed by atoms with van der Waals surface area (Å²) in [6.07, 6.45) is 2.11. The average Bonchev–Trinajstić information content (AvgIpc) is 2.17. The molecule has 0 saturated heterocycles. The Morgan fingerprint density at radius 1 is 1.54 bits per heavy atom. The van der Waals surface area contributed by atoms with Gasteiger partial charge in [0.1, 0.15) is 0 Å². The van der Waals surface area contributed by atoms with E-state index in [1.54, 1.807) is 0 Å². The van der Waals surface area contributed by atoms with Gasteiger partial charge < -0.3 is 10.4 Å². The largest absolute Gasteiger partial charge is 0.394 e. The molecule has 0 fully saturated rings. The summed E-state index contributed by atoms with van der Waals surface area (Å²) in [7, 11) is 0. The number of benzene rings is 1. The van der Waals surface area contributed by atoms with Crippen molar-refractivity contribution in [3.05, 3.63) is 29.3 Å². The maximum absolute atomic E-state index is 9.01. The molecule has 70 valence electrons. The fourth-order valence-corrected chi connectivity index (χ4v) is 1.83. The summed E-state index contributed by atoms with van der Waals surface area (Å²) in [4.78, 5) is 0. The third kappa shape index (κ3) is 1.68. The van der Waals surface area contributed by atoms with Gasteiger partial charge in [0, 0.05) is 11.7 Å². The van der Waals surface area contributed by atoms with Crippen molar-refractivity contribution >= 4 is 5.69 Å². The lowest BCUT2D eigenvalue weighted by Gasteiger charge is -2.25. The van der Waals surface area contributed by atoms with Crippen LogP contribution in [0.2, 0.25) is 0 Å². The van der Waals surface area contributed by atoms with Crippen LogP contribution in [-0.4, -0.2) is 17.8 Å². The molecular weight excluding hydrogens is 162 g/mol. The molecular formula is C11H15NO. The van der Waals surface area contributed by atoms with E-state index in [0.29, 0.717) is 0 Å². The molecule has 2 heteroatoms. The molecule has 1 aromatic carbocycles. The van der Waals surface area contributed by atoms with Crippen LogP contribution in [0.5, 0.6) is 0 Å². The van der Waals surface area contributed by atoms with Gasteiger partial charge in [0.05, 0.1) is 6.61 Å². The van der Waals surface area contributed by atoms with Gasteiger partial charge in [-0.15, -0.1) is 0 Å². The first-order chi connectivity index (χ1) is 6.29. The fraction of sp³-hybridized carbons (Fsp3) is 0.455. The van der Waals surface area contributed by atoms with Gasteiger partial charge in [0.15, 0.2) is 0 Å². The van der Waals surface area contributed by atoms with Crippen LogP contribution in [-0.2, 0) is 6.42 Å². The van der Waals surface area contributed by atoms with E-state index in [2.05, 4.69) is 30.4 Å². The molecule has 2 nitrogen and oxygen atoms in total. The van der Waals surface area contributed by atoms with Gasteiger partial charge >= 0.3 is 0 Å². The standard InChI is InChI=1S/C11H15NO/c1-8-2-5-11-9(6-8)3-4-10(7-13)12-11/h2,5-6,10,12-13H,3-4,7H2,1H3. The Hall–Kier alpha value is -1.02. The second kappa shape index (κ2) is 3.38. The van der Waals surface area contributed by atoms with Gasteiger partial charge in [0.25, 0.3) is 0 Å². The van der Waals surface area contributed by atoms with Gasteiger partial charge in [-0.3, -0.25) is 0 Å². The zero-order chi connectivity index (χ0) is 9.26. The van der Waals surface area contributed by atoms with Crippen molar-refractivity contribution < 1.29 is 5.11 Å². The summed E-state index contributed by atoms with van der Waals surface area (Å²) in [5, 5.41) is 12.3. The minimum atomic E-state index is 0.229. The lowest BCUT2D eigenvalue weighted by molar-refractivity contribution is 0.267. The van der Waals surface area contributed by atoms with E-state index in [0.717, 1.165) is 12.8 Å². The van der Waals surface area contributed by atoms with E-state index in [1.807, 2.05) is 0 Å². The molecule has 1 aromatic rings. The third-order valence-electron chi connectivity index (χ3n) is 2.60. The van der Waals surface area contributed by atoms with E-state index in [-0.39, 0.29) is 12.6 Å². The lowest BCUT2D eigenvalue weighted by atomic mass is 9.97. The molecule has 0 bridgehead atoms. The first kappa shape index (κ1) is 8.57. The molecule has 0 saturated carbocycles. The summed E-state index contributed by atoms with van der Waals surface area (Å²) in [5.41, 5.74) is 3.88. The zero-order valence-corrected chi connectivity index (χ0v) is 7.88. The molecule has 0 radical (unpaired) electrons. The summed E-state index contributed by atoms with van der Waals surface area (Å²) in [6.45, 7) is 2.34. The maximum atomic E-state index is 9.01. The molecule has 2 N–H and O–H groups in total. The molecule has 1 aliphatic heterocycles. The number of rotatable bonds is 1. The normalized spacial score (nSPS) is 20.6. The number of hydrogen-bond acceptors (Lipinski definition) is 2. The van der Waals surface area contributed by atoms with Crippen molar-refractivity contribution in [1.29, 1.82) is 0 Å². The van der Waals surface area contributed by atoms with E-state index in [4.69, 9.17) is 5.11 Å². The Morgan fingerprint density at radius 3 is 3.15 bits per heavy atom. The highest BCUT2D eigenvalue weighted by atomic mass is 16.3. The predicted octanol–water partition coefficient (Wildman–Crippen LogP) is 1.71. The molecule has 0 aliphatic carbocycles. The lowest BCUT2D eigenvalue weighted by Crippen LogP contribution is -2.28. The van der Waals surface area contributed by atoms with Crippen molar-refractivity contribution in [3.63, 3.8) is 0 Å². The fourth-order valence-electron chi connectivity index (χ4n) is 1.83. The number of anilines is 1. The molecule has 0 aromatic heterocycles. The number of aliphatic hydroxyl groups excluding tert-OH is 1. The van der Waals surface area contributed by atoms with E-state index in [9.17, 15) is 0 Å². The number of aliphatic hydroxyl groups is 1. The van der Waals surface area contributed by atoms with Crippen LogP contribution in [0, 0.1) is 6.92 Å². The highest BCUT2D eigenvalue weighted by Gasteiger charge is 2.15. The highest BCUT2D eigenvalue weighted by Crippen LogP contribution is 2.25. The minimum Gasteiger partial charge on any atom is -0.394 e. The molecule has 0 amide bonds. The van der Waals surface area contributed by atoms with Crippen molar-refractivity contribution in [2.24, 2.45) is 0 Å². The molecule has 1 atom stereocenters. The third-order valence-corrected chi connectivity index (χ3v) is 2.60. The first-order valence-corrected chi connectivity index (χ1v) is 4.76. The summed E-state index contributed by atoms with van der Waals surface area (Å²) in [5.74, 6) is 0. The van der Waals surface area contributed by atoms with Gasteiger partial charge in [-0.05, 0) is 31.4 Å². The predicted molar refractivity (Wildman–Crippen MR) is 54.0 cm³/mol. The van der Waals surface area contributed by atoms with Crippen molar-refractivity contribution in [1.82, 2.24) is 0 Å². The van der Waals surface area contributed by atoms with Crippen molar-refractivity contribution in [3.8, 4) is 0 Å². The molecule has 0 spiro atoms. The smallest absolute Gasteiger partial charge is 0.0632 e. The van der Waals surface area contributed by atoms with Gasteiger partial charge in [0.2, 0.25) is 0 Å². The quantitative estimate of drug-likeness (QED) is 0.684. The SMILES string of the molecule is Cc1ccc2c(c1)CCC(CO)N2. The summed E-state index contributed by atoms with van der Waals surface area (Å²) < 4.78 is 0. The Labute approximate surface area is 78.6 Å². The monoisotopic (exact) mass is 177 g/mol. The Balaban J connectivity index is 2.26. The molecule has 1 unspecified atom stereocenters. The maximum Gasteiger partial charge on any atom is 0.0632 e. The molecule has 1 heterocycles. The summed E-state index contributed by atoms with van der Waals surface area (Å²) in [6, 6.07) is 6.67. The van der Waals surface area contributed by atoms with Gasteiger partial charge in [-0.2, -0.15) is 0 Å². The highest BCUT2D eigenvalue weighted by molar-refractivity contribution is 5.55. The number of hydrogen-bond donors (Lipinski definition) is 2. The Morgan fingerprint density at radius 2 is 2.38 bits per heavy atom. The second-order valence-electron chi connectivity index (χ2n) is 3.72. The van der Waals surface area contributed by atoms with Gasteiger partial charge in [-0.1, -0.05) is 17.7 Å². The topological polar surface area (TPSA) is 32.3 Å².